The predicted molar refractivity (Wildman–Crippen MR) is 458 cm³/mol. The molecule has 115 heavy (non-hydrogen) atoms. The summed E-state index contributed by atoms with van der Waals surface area (Å²) in [5, 5.41) is 57.4. The molecule has 4 atom stereocenters. The predicted octanol–water partition coefficient (Wildman–Crippen LogP) is 22.8. The van der Waals surface area contributed by atoms with Crippen molar-refractivity contribution in [3.8, 4) is 104 Å². The van der Waals surface area contributed by atoms with E-state index < -0.39 is 17.2 Å². The molecule has 0 aliphatic heterocycles. The molecule has 8 heteroatoms. The molecule has 2 amide bonds. The first kappa shape index (κ1) is 72.3. The number of aromatic hydroxyl groups is 4. The average molecular weight is 1500 g/mol. The zero-order valence-electron chi connectivity index (χ0n) is 65.1. The molecule has 8 fully saturated rings. The zero-order valence-corrected chi connectivity index (χ0v) is 65.1. The SMILES string of the molecule is CC12CC3CC(C)(C1)CC(c1ccc4c(c1)C(c1ccc(O)cc1-c1ccc(O)c(C#Cc5ccccc5)c1NC(=O)c1cccc(C#Cc5ccccc5)c1)(c1ccc(O)cc1-c1ccc(O)c(C#Cc5ccccc5)c1NC(=O)c1cccc(C#Cc5ccccc5)c1)c1cc(C56CC7CC(C)(CC(C)(C7)C5)C6)ccc1-4)(C3)C2. The summed E-state index contributed by atoms with van der Waals surface area (Å²) in [6.07, 6.45) is 13.5. The van der Waals surface area contributed by atoms with Gasteiger partial charge in [0, 0.05) is 55.6 Å². The summed E-state index contributed by atoms with van der Waals surface area (Å²) in [7, 11) is 0. The fraction of sp³-hybridized carbons (Fsp3) is 0.234. The van der Waals surface area contributed by atoms with E-state index in [9.17, 15) is 20.4 Å². The summed E-state index contributed by atoms with van der Waals surface area (Å²) in [4.78, 5) is 31.5. The van der Waals surface area contributed by atoms with Crippen LogP contribution in [0.15, 0.2) is 267 Å². The molecule has 0 aromatic heterocycles. The van der Waals surface area contributed by atoms with Crippen LogP contribution in [0.5, 0.6) is 23.0 Å². The van der Waals surface area contributed by atoms with Gasteiger partial charge in [0.25, 0.3) is 11.8 Å². The van der Waals surface area contributed by atoms with E-state index in [1.165, 1.54) is 49.7 Å². The van der Waals surface area contributed by atoms with Gasteiger partial charge >= 0.3 is 0 Å². The molecule has 6 N–H and O–H groups in total. The third-order valence-corrected chi connectivity index (χ3v) is 26.6. The lowest BCUT2D eigenvalue weighted by molar-refractivity contribution is -0.110. The Labute approximate surface area is 673 Å². The van der Waals surface area contributed by atoms with Crippen LogP contribution in [0.4, 0.5) is 11.4 Å². The van der Waals surface area contributed by atoms with Crippen LogP contribution in [0.3, 0.4) is 0 Å². The minimum atomic E-state index is -1.46. The zero-order chi connectivity index (χ0) is 78.6. The first-order valence-electron chi connectivity index (χ1n) is 40.4. The van der Waals surface area contributed by atoms with Gasteiger partial charge in [-0.25, -0.2) is 0 Å². The van der Waals surface area contributed by atoms with Crippen LogP contribution in [-0.2, 0) is 16.2 Å². The molecule has 0 radical (unpaired) electrons. The highest BCUT2D eigenvalue weighted by Crippen LogP contribution is 2.73. The summed E-state index contributed by atoms with van der Waals surface area (Å²) in [6, 6.07) is 85.6. The summed E-state index contributed by atoms with van der Waals surface area (Å²) < 4.78 is 0. The molecular weight excluding hydrogens is 1410 g/mol. The van der Waals surface area contributed by atoms with Crippen LogP contribution >= 0.6 is 0 Å². The van der Waals surface area contributed by atoms with E-state index >= 15 is 9.59 Å². The Bertz CT molecular complexity index is 5870. The molecule has 4 unspecified atom stereocenters. The molecule has 8 nitrogen and oxygen atoms in total. The van der Waals surface area contributed by atoms with Crippen molar-refractivity contribution < 1.29 is 30.0 Å². The number of carbonyl (C=O) groups is 2. The monoisotopic (exact) mass is 1500 g/mol. The van der Waals surface area contributed by atoms with Crippen LogP contribution in [0.25, 0.3) is 33.4 Å². The summed E-state index contributed by atoms with van der Waals surface area (Å²) in [5.74, 6) is 26.1. The van der Waals surface area contributed by atoms with Crippen molar-refractivity contribution in [3.63, 3.8) is 0 Å². The number of phenols is 4. The largest absolute Gasteiger partial charge is 0.508 e. The van der Waals surface area contributed by atoms with E-state index in [0.29, 0.717) is 78.6 Å². The Morgan fingerprint density at radius 2 is 0.635 bits per heavy atom. The molecule has 0 heterocycles. The number of carbonyl (C=O) groups excluding carboxylic acids is 2. The number of hydrogen-bond acceptors (Lipinski definition) is 6. The van der Waals surface area contributed by atoms with Gasteiger partial charge in [-0.2, -0.15) is 0 Å². The van der Waals surface area contributed by atoms with Crippen molar-refractivity contribution in [2.45, 2.75) is 121 Å². The second kappa shape index (κ2) is 27.7. The van der Waals surface area contributed by atoms with E-state index in [4.69, 9.17) is 0 Å². The molecule has 21 rings (SSSR count). The van der Waals surface area contributed by atoms with E-state index in [-0.39, 0.29) is 78.0 Å². The second-order valence-electron chi connectivity index (χ2n) is 35.8. The van der Waals surface area contributed by atoms with E-state index in [0.717, 1.165) is 71.9 Å². The lowest BCUT2D eigenvalue weighted by atomic mass is 9.39. The Kier molecular flexibility index (Phi) is 17.4. The number of benzene rings is 12. The van der Waals surface area contributed by atoms with Gasteiger partial charge in [-0.15, -0.1) is 0 Å². The number of rotatable bonds is 10. The molecule has 9 aliphatic rings. The van der Waals surface area contributed by atoms with Crippen molar-refractivity contribution in [1.82, 2.24) is 0 Å². The lowest BCUT2D eigenvalue weighted by Crippen LogP contribution is -2.56. The Balaban J connectivity index is 0.904. The quantitative estimate of drug-likeness (QED) is 0.0754. The minimum Gasteiger partial charge on any atom is -0.508 e. The highest BCUT2D eigenvalue weighted by molar-refractivity contribution is 6.10. The van der Waals surface area contributed by atoms with Crippen molar-refractivity contribution in [2.24, 2.45) is 33.5 Å². The van der Waals surface area contributed by atoms with Crippen molar-refractivity contribution in [2.75, 3.05) is 10.6 Å². The Morgan fingerprint density at radius 3 is 0.991 bits per heavy atom. The van der Waals surface area contributed by atoms with Gasteiger partial charge in [-0.3, -0.25) is 9.59 Å². The molecule has 9 aliphatic carbocycles. The highest BCUT2D eigenvalue weighted by atomic mass is 16.3. The van der Waals surface area contributed by atoms with Crippen molar-refractivity contribution >= 4 is 23.2 Å². The van der Waals surface area contributed by atoms with Crippen molar-refractivity contribution in [1.29, 1.82) is 0 Å². The third-order valence-electron chi connectivity index (χ3n) is 26.6. The summed E-state index contributed by atoms with van der Waals surface area (Å²) in [5.41, 5.74) is 14.2. The van der Waals surface area contributed by atoms with Crippen LogP contribution in [0.2, 0.25) is 0 Å². The second-order valence-corrected chi connectivity index (χ2v) is 35.8. The van der Waals surface area contributed by atoms with E-state index in [1.54, 1.807) is 60.7 Å². The lowest BCUT2D eigenvalue weighted by Gasteiger charge is -2.65. The van der Waals surface area contributed by atoms with Gasteiger partial charge in [0.1, 0.15) is 23.0 Å². The maximum atomic E-state index is 15.8. The van der Waals surface area contributed by atoms with Gasteiger partial charge in [0.2, 0.25) is 0 Å². The smallest absolute Gasteiger partial charge is 0.255 e. The Hall–Kier alpha value is -13.0. The normalized spacial score (nSPS) is 23.6. The van der Waals surface area contributed by atoms with Gasteiger partial charge in [-0.1, -0.05) is 209 Å². The topological polar surface area (TPSA) is 139 Å². The van der Waals surface area contributed by atoms with Crippen molar-refractivity contribution in [3.05, 3.63) is 356 Å². The molecule has 0 spiro atoms. The number of phenolic OH excluding ortho intramolecular Hbond substituents is 4. The van der Waals surface area contributed by atoms with Crippen LogP contribution in [0.1, 0.15) is 203 Å². The number of amides is 2. The number of nitrogens with one attached hydrogen (secondary N) is 2. The molecule has 12 aromatic rings. The van der Waals surface area contributed by atoms with E-state index in [1.807, 2.05) is 170 Å². The molecule has 12 aromatic carbocycles. The first-order chi connectivity index (χ1) is 55.6. The summed E-state index contributed by atoms with van der Waals surface area (Å²) in [6.45, 7) is 10.1. The standard InChI is InChI=1S/C107H88N2O6/c1-101-57-75-58-102(2,63-101)66-105(61-75,65-101)79-37-43-83-84-44-38-80(106-62-76-59-103(3,67-106)64-104(4,60-76)68-106)54-94(84)107(93(83)53-79,91-47-39-81(110)55-89(91)85-45-49-95(112)87(41-35-71-23-13-7-14-24-71)97(85)108-99(114)77-29-17-27-73(51-77)33-31-69-19-9-5-10-20-69)92-48-40-82(111)56-90(92)86-46-50-96(113)88(42-36-72-25-15-8-16-26-72)98(86)109-100(115)78-30-18-28-74(52-78)34-32-70-21-11-6-12-22-70/h5-30,37-40,43-56,75-76,110-113H,57-68H2,1-4H3,(H,108,114)(H,109,115). The maximum absolute atomic E-state index is 15.8. The van der Waals surface area contributed by atoms with Crippen LogP contribution < -0.4 is 10.6 Å². The molecule has 0 saturated heterocycles. The molecule has 562 valence electrons. The molecule has 8 bridgehead atoms. The van der Waals surface area contributed by atoms with Gasteiger partial charge < -0.3 is 31.1 Å². The molecule has 8 saturated carbocycles. The minimum absolute atomic E-state index is 0.0573. The summed E-state index contributed by atoms with van der Waals surface area (Å²) >= 11 is 0. The maximum Gasteiger partial charge on any atom is 0.255 e. The highest BCUT2D eigenvalue weighted by Gasteiger charge is 2.63. The van der Waals surface area contributed by atoms with Crippen LogP contribution in [0, 0.1) is 80.9 Å². The van der Waals surface area contributed by atoms with Gasteiger partial charge in [-0.05, 0) is 310 Å². The first-order valence-corrected chi connectivity index (χ1v) is 40.4. The third kappa shape index (κ3) is 13.1. The number of fused-ring (bicyclic) bond motifs is 3. The van der Waals surface area contributed by atoms with Crippen LogP contribution in [-0.4, -0.2) is 32.2 Å². The number of hydrogen-bond donors (Lipinski definition) is 6. The fourth-order valence-electron chi connectivity index (χ4n) is 24.0. The average Bonchev–Trinajstić information content (AvgIpc) is 1.58. The molecular formula is C107H88N2O6. The number of anilines is 2. The fourth-order valence-corrected chi connectivity index (χ4v) is 24.0. The van der Waals surface area contributed by atoms with Gasteiger partial charge in [0.15, 0.2) is 0 Å². The van der Waals surface area contributed by atoms with E-state index in [2.05, 4.69) is 122 Å². The van der Waals surface area contributed by atoms with Gasteiger partial charge in [0.05, 0.1) is 27.9 Å². The Morgan fingerprint density at radius 1 is 0.304 bits per heavy atom.